The molecule has 0 unspecified atom stereocenters. The van der Waals surface area contributed by atoms with Gasteiger partial charge in [0.25, 0.3) is 15.6 Å². The number of aromatic nitrogens is 2. The number of nitrogens with one attached hydrogen (secondary N) is 1. The highest BCUT2D eigenvalue weighted by Crippen LogP contribution is 2.29. The van der Waals surface area contributed by atoms with Crippen LogP contribution in [0.4, 0.5) is 5.69 Å². The minimum absolute atomic E-state index is 0.0832. The fourth-order valence-electron chi connectivity index (χ4n) is 4.16. The largest absolute Gasteiger partial charge is 0.285 e. The van der Waals surface area contributed by atoms with Gasteiger partial charge in [-0.1, -0.05) is 50.2 Å². The Balaban J connectivity index is 1.72. The summed E-state index contributed by atoms with van der Waals surface area (Å²) in [5.41, 5.74) is 3.61. The number of rotatable bonds is 5. The van der Waals surface area contributed by atoms with Crippen molar-refractivity contribution < 1.29 is 8.42 Å². The molecule has 1 N–H and O–H groups in total. The van der Waals surface area contributed by atoms with Gasteiger partial charge in [-0.05, 0) is 55.0 Å². The first-order chi connectivity index (χ1) is 15.1. The van der Waals surface area contributed by atoms with Gasteiger partial charge in [-0.3, -0.25) is 14.2 Å². The van der Waals surface area contributed by atoms with Crippen LogP contribution in [-0.2, 0) is 17.1 Å². The third kappa shape index (κ3) is 3.62. The summed E-state index contributed by atoms with van der Waals surface area (Å²) in [6.07, 6.45) is 0. The molecule has 3 aromatic carbocycles. The molecule has 0 spiro atoms. The van der Waals surface area contributed by atoms with Crippen LogP contribution in [0.5, 0.6) is 0 Å². The van der Waals surface area contributed by atoms with E-state index in [-0.39, 0.29) is 16.4 Å². The van der Waals surface area contributed by atoms with Gasteiger partial charge in [-0.25, -0.2) is 13.1 Å². The first-order valence-electron chi connectivity index (χ1n) is 10.5. The average Bonchev–Trinajstić information content (AvgIpc) is 2.98. The summed E-state index contributed by atoms with van der Waals surface area (Å²) in [6.45, 7) is 7.78. The molecule has 0 saturated carbocycles. The van der Waals surface area contributed by atoms with Crippen molar-refractivity contribution in [3.05, 3.63) is 87.8 Å². The Morgan fingerprint density at radius 2 is 1.56 bits per heavy atom. The fourth-order valence-corrected chi connectivity index (χ4v) is 5.31. The molecule has 0 fully saturated rings. The molecule has 6 nitrogen and oxygen atoms in total. The number of fused-ring (bicyclic) bond motifs is 1. The Hall–Kier alpha value is -3.32. The summed E-state index contributed by atoms with van der Waals surface area (Å²) in [7, 11) is -1.98. The lowest BCUT2D eigenvalue weighted by Gasteiger charge is -2.14. The molecule has 0 aliphatic carbocycles. The molecule has 32 heavy (non-hydrogen) atoms. The van der Waals surface area contributed by atoms with Crippen LogP contribution in [0.3, 0.4) is 0 Å². The topological polar surface area (TPSA) is 73.1 Å². The molecule has 0 amide bonds. The number of benzene rings is 3. The van der Waals surface area contributed by atoms with E-state index >= 15 is 0 Å². The third-order valence-corrected chi connectivity index (χ3v) is 7.31. The Morgan fingerprint density at radius 1 is 0.906 bits per heavy atom. The van der Waals surface area contributed by atoms with E-state index in [0.717, 1.165) is 27.6 Å². The van der Waals surface area contributed by atoms with Gasteiger partial charge in [-0.15, -0.1) is 0 Å². The number of nitrogens with zero attached hydrogens (tertiary/aromatic N) is 2. The number of aryl methyl sites for hydroxylation is 1. The maximum absolute atomic E-state index is 13.1. The van der Waals surface area contributed by atoms with Gasteiger partial charge in [0.05, 0.1) is 16.3 Å². The molecule has 0 bridgehead atoms. The third-order valence-electron chi connectivity index (χ3n) is 5.94. The van der Waals surface area contributed by atoms with E-state index < -0.39 is 10.0 Å². The van der Waals surface area contributed by atoms with Crippen molar-refractivity contribution >= 4 is 26.5 Å². The molecule has 4 aromatic rings. The van der Waals surface area contributed by atoms with Crippen molar-refractivity contribution in [1.82, 2.24) is 9.36 Å². The molecule has 4 rings (SSSR count). The minimum Gasteiger partial charge on any atom is -0.285 e. The van der Waals surface area contributed by atoms with Crippen LogP contribution in [-0.4, -0.2) is 17.8 Å². The molecule has 0 atom stereocenters. The van der Waals surface area contributed by atoms with Gasteiger partial charge >= 0.3 is 0 Å². The Morgan fingerprint density at radius 3 is 2.19 bits per heavy atom. The number of sulfonamides is 1. The smallest absolute Gasteiger partial charge is 0.275 e. The van der Waals surface area contributed by atoms with E-state index in [2.05, 4.69) is 4.72 Å². The molecule has 0 aliphatic rings. The van der Waals surface area contributed by atoms with Gasteiger partial charge in [-0.2, -0.15) is 0 Å². The second kappa shape index (κ2) is 7.98. The van der Waals surface area contributed by atoms with E-state index in [0.29, 0.717) is 11.4 Å². The molecular formula is C25H27N3O3S. The predicted molar refractivity (Wildman–Crippen MR) is 129 cm³/mol. The van der Waals surface area contributed by atoms with Gasteiger partial charge in [0.15, 0.2) is 0 Å². The minimum atomic E-state index is -3.81. The second-order valence-electron chi connectivity index (χ2n) is 8.37. The molecule has 1 aromatic heterocycles. The van der Waals surface area contributed by atoms with Crippen molar-refractivity contribution in [2.24, 2.45) is 7.05 Å². The Labute approximate surface area is 188 Å². The monoisotopic (exact) mass is 449 g/mol. The van der Waals surface area contributed by atoms with E-state index in [1.165, 1.54) is 12.1 Å². The van der Waals surface area contributed by atoms with Gasteiger partial charge in [0.2, 0.25) is 0 Å². The van der Waals surface area contributed by atoms with E-state index in [4.69, 9.17) is 0 Å². The van der Waals surface area contributed by atoms with E-state index in [1.807, 2.05) is 71.1 Å². The fraction of sp³-hybridized carbons (Fsp3) is 0.240. The van der Waals surface area contributed by atoms with Crippen LogP contribution < -0.4 is 10.3 Å². The molecule has 0 aliphatic heterocycles. The normalized spacial score (nSPS) is 11.9. The zero-order valence-electron chi connectivity index (χ0n) is 18.9. The van der Waals surface area contributed by atoms with Crippen LogP contribution in [0.2, 0.25) is 0 Å². The number of hydrogen-bond donors (Lipinski definition) is 1. The highest BCUT2D eigenvalue weighted by atomic mass is 32.2. The summed E-state index contributed by atoms with van der Waals surface area (Å²) in [6, 6.07) is 17.9. The highest BCUT2D eigenvalue weighted by molar-refractivity contribution is 7.92. The molecule has 0 radical (unpaired) electrons. The molecule has 166 valence electrons. The van der Waals surface area contributed by atoms with Crippen molar-refractivity contribution in [3.63, 3.8) is 0 Å². The second-order valence-corrected chi connectivity index (χ2v) is 10.1. The van der Waals surface area contributed by atoms with Gasteiger partial charge in [0.1, 0.15) is 0 Å². The van der Waals surface area contributed by atoms with E-state index in [9.17, 15) is 13.2 Å². The van der Waals surface area contributed by atoms with Crippen molar-refractivity contribution in [1.29, 1.82) is 0 Å². The zero-order valence-corrected chi connectivity index (χ0v) is 19.7. The van der Waals surface area contributed by atoms with Crippen LogP contribution in [0.25, 0.3) is 16.5 Å². The maximum Gasteiger partial charge on any atom is 0.275 e. The molecule has 1 heterocycles. The van der Waals surface area contributed by atoms with Crippen molar-refractivity contribution in [2.45, 2.75) is 38.5 Å². The lowest BCUT2D eigenvalue weighted by Crippen LogP contribution is -2.21. The Bertz CT molecular complexity index is 1480. The number of anilines is 1. The summed E-state index contributed by atoms with van der Waals surface area (Å²) < 4.78 is 32.4. The molecular weight excluding hydrogens is 422 g/mol. The maximum atomic E-state index is 13.1. The predicted octanol–water partition coefficient (Wildman–Crippen LogP) is 4.87. The Kier molecular flexibility index (Phi) is 5.46. The van der Waals surface area contributed by atoms with E-state index in [1.54, 1.807) is 21.5 Å². The standard InChI is InChI=1S/C25H27N3O3S/c1-16(2)23-18(4)27(5)28(25(23)29)20-12-14-21(15-13-20)32(30,31)26-24-17(3)10-11-19-8-6-7-9-22(19)24/h6-16,26H,1-5H3. The van der Waals surface area contributed by atoms with Crippen LogP contribution in [0.15, 0.2) is 70.4 Å². The SMILES string of the molecule is Cc1ccc2ccccc2c1NS(=O)(=O)c1ccc(-n2c(=O)c(C(C)C)c(C)n2C)cc1. The number of hydrogen-bond acceptors (Lipinski definition) is 3. The van der Waals surface area contributed by atoms with Crippen LogP contribution in [0.1, 0.15) is 36.6 Å². The summed E-state index contributed by atoms with van der Waals surface area (Å²) in [5, 5.41) is 1.81. The first-order valence-corrected chi connectivity index (χ1v) is 12.0. The highest BCUT2D eigenvalue weighted by Gasteiger charge is 2.20. The summed E-state index contributed by atoms with van der Waals surface area (Å²) in [4.78, 5) is 13.1. The van der Waals surface area contributed by atoms with Gasteiger partial charge < -0.3 is 0 Å². The van der Waals surface area contributed by atoms with Crippen LogP contribution in [0, 0.1) is 13.8 Å². The van der Waals surface area contributed by atoms with Gasteiger partial charge in [0, 0.05) is 23.7 Å². The lowest BCUT2D eigenvalue weighted by molar-refractivity contribution is 0.601. The first kappa shape index (κ1) is 21.9. The summed E-state index contributed by atoms with van der Waals surface area (Å²) in [5.74, 6) is 0.0998. The van der Waals surface area contributed by atoms with Crippen molar-refractivity contribution in [2.75, 3.05) is 4.72 Å². The average molecular weight is 450 g/mol. The summed E-state index contributed by atoms with van der Waals surface area (Å²) >= 11 is 0. The van der Waals surface area contributed by atoms with Crippen LogP contribution >= 0.6 is 0 Å². The van der Waals surface area contributed by atoms with Crippen molar-refractivity contribution in [3.8, 4) is 5.69 Å². The molecule has 7 heteroatoms. The zero-order chi connectivity index (χ0) is 23.2. The quantitative estimate of drug-likeness (QED) is 0.472. The molecule has 0 saturated heterocycles. The lowest BCUT2D eigenvalue weighted by atomic mass is 10.0.